The third-order valence-electron chi connectivity index (χ3n) is 4.47. The molecule has 1 fully saturated rings. The van der Waals surface area contributed by atoms with Crippen LogP contribution in [0.1, 0.15) is 12.5 Å². The zero-order chi connectivity index (χ0) is 15.8. The first-order chi connectivity index (χ1) is 11.3. The van der Waals surface area contributed by atoms with Crippen LogP contribution in [-0.4, -0.2) is 57.5 Å². The quantitative estimate of drug-likeness (QED) is 0.788. The van der Waals surface area contributed by atoms with E-state index in [-0.39, 0.29) is 24.5 Å². The van der Waals surface area contributed by atoms with Crippen molar-refractivity contribution in [1.82, 2.24) is 19.5 Å². The van der Waals surface area contributed by atoms with E-state index in [1.165, 1.54) is 0 Å². The van der Waals surface area contributed by atoms with Gasteiger partial charge in [0.15, 0.2) is 17.0 Å². The van der Waals surface area contributed by atoms with Crippen molar-refractivity contribution >= 4 is 22.9 Å². The standard InChI is InChI=1S/C15H20N6O2/c16-15-18-13(20-3-5-23-6-4-20)12-14(19-15)21(9-17-12)11-2-1-10(7-11)8-22/h1-2,9-11,22H,3-8H2,(H2,16,18,19). The zero-order valence-electron chi connectivity index (χ0n) is 12.8. The van der Waals surface area contributed by atoms with Crippen LogP contribution in [0.25, 0.3) is 11.2 Å². The number of aliphatic hydroxyl groups excluding tert-OH is 1. The molecule has 0 amide bonds. The van der Waals surface area contributed by atoms with Crippen molar-refractivity contribution in [3.8, 4) is 0 Å². The lowest BCUT2D eigenvalue weighted by Gasteiger charge is -2.27. The van der Waals surface area contributed by atoms with Crippen molar-refractivity contribution in [3.63, 3.8) is 0 Å². The SMILES string of the molecule is Nc1nc(N2CCOCC2)c2ncn(C3C=CC(CO)C3)c2n1. The van der Waals surface area contributed by atoms with Gasteiger partial charge in [-0.05, 0) is 6.42 Å². The molecule has 2 atom stereocenters. The number of rotatable bonds is 3. The second-order valence-electron chi connectivity index (χ2n) is 5.96. The molecule has 122 valence electrons. The summed E-state index contributed by atoms with van der Waals surface area (Å²) in [4.78, 5) is 15.5. The number of ether oxygens (including phenoxy) is 1. The van der Waals surface area contributed by atoms with Crippen molar-refractivity contribution in [2.24, 2.45) is 5.92 Å². The predicted octanol–water partition coefficient (Wildman–Crippen LogP) is 0.355. The fraction of sp³-hybridized carbons (Fsp3) is 0.533. The van der Waals surface area contributed by atoms with E-state index in [4.69, 9.17) is 10.5 Å². The van der Waals surface area contributed by atoms with E-state index in [9.17, 15) is 5.11 Å². The van der Waals surface area contributed by atoms with Gasteiger partial charge in [-0.25, -0.2) is 4.98 Å². The van der Waals surface area contributed by atoms with E-state index < -0.39 is 0 Å². The monoisotopic (exact) mass is 316 g/mol. The van der Waals surface area contributed by atoms with Crippen LogP contribution in [0.2, 0.25) is 0 Å². The van der Waals surface area contributed by atoms with Crippen LogP contribution in [0.15, 0.2) is 18.5 Å². The van der Waals surface area contributed by atoms with Crippen molar-refractivity contribution < 1.29 is 9.84 Å². The highest BCUT2D eigenvalue weighted by atomic mass is 16.5. The average molecular weight is 316 g/mol. The third-order valence-corrected chi connectivity index (χ3v) is 4.47. The van der Waals surface area contributed by atoms with Gasteiger partial charge >= 0.3 is 0 Å². The molecule has 1 saturated heterocycles. The Balaban J connectivity index is 1.74. The molecule has 8 nitrogen and oxygen atoms in total. The first-order valence-corrected chi connectivity index (χ1v) is 7.88. The second kappa shape index (κ2) is 5.78. The number of nitrogens with two attached hydrogens (primary N) is 1. The van der Waals surface area contributed by atoms with Gasteiger partial charge in [0.2, 0.25) is 5.95 Å². The Morgan fingerprint density at radius 1 is 1.26 bits per heavy atom. The van der Waals surface area contributed by atoms with E-state index in [0.717, 1.165) is 36.5 Å². The van der Waals surface area contributed by atoms with Crippen LogP contribution >= 0.6 is 0 Å². The van der Waals surface area contributed by atoms with Crippen LogP contribution in [0.5, 0.6) is 0 Å². The number of aromatic nitrogens is 4. The maximum absolute atomic E-state index is 9.31. The lowest BCUT2D eigenvalue weighted by Crippen LogP contribution is -2.37. The maximum atomic E-state index is 9.31. The molecule has 0 bridgehead atoms. The van der Waals surface area contributed by atoms with Gasteiger partial charge in [-0.1, -0.05) is 12.2 Å². The maximum Gasteiger partial charge on any atom is 0.224 e. The topological polar surface area (TPSA) is 102 Å². The lowest BCUT2D eigenvalue weighted by molar-refractivity contribution is 0.122. The van der Waals surface area contributed by atoms with Crippen molar-refractivity contribution in [1.29, 1.82) is 0 Å². The van der Waals surface area contributed by atoms with Gasteiger partial charge in [0.25, 0.3) is 0 Å². The summed E-state index contributed by atoms with van der Waals surface area (Å²) >= 11 is 0. The van der Waals surface area contributed by atoms with Crippen LogP contribution in [0.3, 0.4) is 0 Å². The minimum absolute atomic E-state index is 0.143. The third kappa shape index (κ3) is 2.53. The van der Waals surface area contributed by atoms with E-state index >= 15 is 0 Å². The Bertz CT molecular complexity index is 737. The van der Waals surface area contributed by atoms with Gasteiger partial charge in [-0.15, -0.1) is 0 Å². The molecule has 1 aliphatic heterocycles. The Kier molecular flexibility index (Phi) is 3.62. The molecular formula is C15H20N6O2. The lowest BCUT2D eigenvalue weighted by atomic mass is 10.1. The number of fused-ring (bicyclic) bond motifs is 1. The number of anilines is 2. The molecule has 2 aromatic rings. The summed E-state index contributed by atoms with van der Waals surface area (Å²) in [5, 5.41) is 9.31. The second-order valence-corrected chi connectivity index (χ2v) is 5.96. The number of imidazole rings is 1. The summed E-state index contributed by atoms with van der Waals surface area (Å²) in [5.41, 5.74) is 7.44. The highest BCUT2D eigenvalue weighted by Gasteiger charge is 2.25. The first-order valence-electron chi connectivity index (χ1n) is 7.88. The Hall–Kier alpha value is -2.19. The van der Waals surface area contributed by atoms with Crippen LogP contribution in [0, 0.1) is 5.92 Å². The largest absolute Gasteiger partial charge is 0.396 e. The van der Waals surface area contributed by atoms with E-state index in [1.807, 2.05) is 10.6 Å². The van der Waals surface area contributed by atoms with Crippen LogP contribution in [0.4, 0.5) is 11.8 Å². The summed E-state index contributed by atoms with van der Waals surface area (Å²) in [6.45, 7) is 3.06. The van der Waals surface area contributed by atoms with Gasteiger partial charge in [0.05, 0.1) is 25.6 Å². The summed E-state index contributed by atoms with van der Waals surface area (Å²) < 4.78 is 7.42. The molecule has 23 heavy (non-hydrogen) atoms. The minimum Gasteiger partial charge on any atom is -0.396 e. The van der Waals surface area contributed by atoms with Gasteiger partial charge in [-0.2, -0.15) is 9.97 Å². The predicted molar refractivity (Wildman–Crippen MR) is 86.1 cm³/mol. The number of hydrogen-bond donors (Lipinski definition) is 2. The highest BCUT2D eigenvalue weighted by Crippen LogP contribution is 2.32. The van der Waals surface area contributed by atoms with Crippen molar-refractivity contribution in [2.75, 3.05) is 43.5 Å². The minimum atomic E-state index is 0.143. The summed E-state index contributed by atoms with van der Waals surface area (Å²) in [7, 11) is 0. The number of nitrogens with zero attached hydrogens (tertiary/aromatic N) is 5. The Morgan fingerprint density at radius 3 is 2.83 bits per heavy atom. The van der Waals surface area contributed by atoms with Crippen molar-refractivity contribution in [3.05, 3.63) is 18.5 Å². The number of nitrogen functional groups attached to an aromatic ring is 1. The van der Waals surface area contributed by atoms with Gasteiger partial charge < -0.3 is 25.0 Å². The van der Waals surface area contributed by atoms with E-state index in [2.05, 4.69) is 25.9 Å². The van der Waals surface area contributed by atoms with Gasteiger partial charge in [0.1, 0.15) is 0 Å². The van der Waals surface area contributed by atoms with Gasteiger partial charge in [0, 0.05) is 25.6 Å². The highest BCUT2D eigenvalue weighted by molar-refractivity contribution is 5.85. The Labute approximate surface area is 133 Å². The molecule has 2 unspecified atom stereocenters. The molecule has 4 rings (SSSR count). The summed E-state index contributed by atoms with van der Waals surface area (Å²) in [6, 6.07) is 0.143. The molecule has 0 radical (unpaired) electrons. The summed E-state index contributed by atoms with van der Waals surface area (Å²) in [5.74, 6) is 1.21. The number of allylic oxidation sites excluding steroid dienone is 1. The normalized spacial score (nSPS) is 24.7. The average Bonchev–Trinajstić information content (AvgIpc) is 3.21. The fourth-order valence-electron chi connectivity index (χ4n) is 3.25. The molecule has 0 saturated carbocycles. The van der Waals surface area contributed by atoms with E-state index in [1.54, 1.807) is 6.33 Å². The molecule has 3 heterocycles. The number of morpholine rings is 1. The molecule has 2 aromatic heterocycles. The molecule has 0 spiro atoms. The van der Waals surface area contributed by atoms with Gasteiger partial charge in [-0.3, -0.25) is 0 Å². The number of hydrogen-bond acceptors (Lipinski definition) is 7. The molecule has 0 aromatic carbocycles. The van der Waals surface area contributed by atoms with E-state index in [0.29, 0.717) is 13.2 Å². The molecular weight excluding hydrogens is 296 g/mol. The molecule has 1 aliphatic carbocycles. The molecule has 3 N–H and O–H groups in total. The molecule has 2 aliphatic rings. The van der Waals surface area contributed by atoms with Crippen LogP contribution < -0.4 is 10.6 Å². The Morgan fingerprint density at radius 2 is 2.09 bits per heavy atom. The first kappa shape index (κ1) is 14.4. The van der Waals surface area contributed by atoms with Crippen molar-refractivity contribution in [2.45, 2.75) is 12.5 Å². The smallest absolute Gasteiger partial charge is 0.224 e. The fourth-order valence-corrected chi connectivity index (χ4v) is 3.25. The van der Waals surface area contributed by atoms with Crippen LogP contribution in [-0.2, 0) is 4.74 Å². The summed E-state index contributed by atoms with van der Waals surface area (Å²) in [6.07, 6.45) is 6.77. The number of aliphatic hydroxyl groups is 1. The molecule has 8 heteroatoms. The zero-order valence-corrected chi connectivity index (χ0v) is 12.8.